The molecule has 4 aromatic rings. The maximum Gasteiger partial charge on any atom is 0.319 e. The molecule has 4 saturated heterocycles. The molecule has 2 atom stereocenters. The van der Waals surface area contributed by atoms with Crippen molar-refractivity contribution < 1.29 is 27.6 Å². The number of aryl methyl sites for hydroxylation is 1. The lowest BCUT2D eigenvalue weighted by Gasteiger charge is -2.48. The Labute approximate surface area is 268 Å². The number of phenols is 1. The standard InChI is InChI=1S/C34H36F3N5O3S/c1-2-23-26(36)6-5-20-11-22(43)12-24(27(20)23)29-28(37)30-25(14-38-29)31(41-9-3-7-33(16-41)18-46(44)19-33)40-32(39-30)45-17-34-8-4-10-42(34)15-21(35)13-34/h5-6,11-12,14,21,43H,2-4,7-10,13,15-19H2,1H3/t21-,33?,34+,46?/m1/s1. The van der Waals surface area contributed by atoms with Gasteiger partial charge in [0.15, 0.2) is 5.82 Å². The maximum absolute atomic E-state index is 16.9. The lowest BCUT2D eigenvalue weighted by atomic mass is 9.82. The fourth-order valence-electron chi connectivity index (χ4n) is 8.46. The molecule has 4 aliphatic heterocycles. The Balaban J connectivity index is 1.26. The van der Waals surface area contributed by atoms with Crippen LogP contribution in [0.3, 0.4) is 0 Å². The Bertz CT molecular complexity index is 1850. The first-order chi connectivity index (χ1) is 22.2. The Morgan fingerprint density at radius 3 is 2.76 bits per heavy atom. The number of alkyl halides is 1. The molecule has 0 amide bonds. The molecule has 4 fully saturated rings. The summed E-state index contributed by atoms with van der Waals surface area (Å²) in [5.41, 5.74) is 0.0985. The zero-order valence-corrected chi connectivity index (χ0v) is 26.5. The third-order valence-electron chi connectivity index (χ3n) is 10.5. The molecule has 0 unspecified atom stereocenters. The Kier molecular flexibility index (Phi) is 7.26. The van der Waals surface area contributed by atoms with E-state index in [4.69, 9.17) is 9.72 Å². The van der Waals surface area contributed by atoms with Gasteiger partial charge in [-0.25, -0.2) is 13.2 Å². The van der Waals surface area contributed by atoms with E-state index in [2.05, 4.69) is 19.8 Å². The van der Waals surface area contributed by atoms with Crippen molar-refractivity contribution >= 4 is 38.7 Å². The summed E-state index contributed by atoms with van der Waals surface area (Å²) in [6.45, 7) is 4.52. The van der Waals surface area contributed by atoms with Gasteiger partial charge in [-0.2, -0.15) is 9.97 Å². The number of ether oxygens (including phenoxy) is 1. The maximum atomic E-state index is 16.9. The highest BCUT2D eigenvalue weighted by atomic mass is 32.2. The van der Waals surface area contributed by atoms with Crippen LogP contribution in [0.5, 0.6) is 11.8 Å². The Morgan fingerprint density at radius 2 is 1.96 bits per heavy atom. The third-order valence-corrected chi connectivity index (χ3v) is 12.4. The molecule has 2 aromatic heterocycles. The summed E-state index contributed by atoms with van der Waals surface area (Å²) in [4.78, 5) is 18.2. The zero-order valence-electron chi connectivity index (χ0n) is 25.7. The van der Waals surface area contributed by atoms with E-state index in [1.165, 1.54) is 24.4 Å². The van der Waals surface area contributed by atoms with Gasteiger partial charge in [-0.1, -0.05) is 24.2 Å². The molecular weight excluding hydrogens is 615 g/mol. The van der Waals surface area contributed by atoms with Crippen LogP contribution >= 0.6 is 0 Å². The van der Waals surface area contributed by atoms with E-state index in [1.54, 1.807) is 6.07 Å². The topological polar surface area (TPSA) is 97.7 Å². The number of hydrogen-bond donors (Lipinski definition) is 1. The van der Waals surface area contributed by atoms with Crippen LogP contribution in [0.15, 0.2) is 30.5 Å². The minimum absolute atomic E-state index is 0.0000453. The molecule has 12 heteroatoms. The van der Waals surface area contributed by atoms with Crippen LogP contribution in [0.2, 0.25) is 0 Å². The number of aromatic nitrogens is 3. The lowest BCUT2D eigenvalue weighted by Crippen LogP contribution is -2.58. The van der Waals surface area contributed by atoms with Crippen molar-refractivity contribution in [2.45, 2.75) is 57.2 Å². The molecule has 1 N–H and O–H groups in total. The summed E-state index contributed by atoms with van der Waals surface area (Å²) in [6, 6.07) is 5.85. The van der Waals surface area contributed by atoms with Gasteiger partial charge >= 0.3 is 6.01 Å². The van der Waals surface area contributed by atoms with Gasteiger partial charge < -0.3 is 19.3 Å². The van der Waals surface area contributed by atoms with Crippen LogP contribution in [0, 0.1) is 17.0 Å². The Hall–Kier alpha value is -3.35. The van der Waals surface area contributed by atoms with Gasteiger partial charge in [0, 0.05) is 37.8 Å². The van der Waals surface area contributed by atoms with Gasteiger partial charge in [0.2, 0.25) is 0 Å². The van der Waals surface area contributed by atoms with Crippen LogP contribution in [-0.2, 0) is 17.6 Å². The first kappa shape index (κ1) is 30.0. The first-order valence-electron chi connectivity index (χ1n) is 16.1. The average Bonchev–Trinajstić information content (AvgIpc) is 3.55. The van der Waals surface area contributed by atoms with Gasteiger partial charge in [-0.3, -0.25) is 9.88 Å². The normalized spacial score (nSPS) is 27.9. The fraction of sp³-hybridized carbons (Fsp3) is 0.500. The number of anilines is 1. The van der Waals surface area contributed by atoms with Crippen LogP contribution < -0.4 is 9.64 Å². The van der Waals surface area contributed by atoms with Crippen LogP contribution in [-0.4, -0.2) is 85.5 Å². The number of benzene rings is 2. The molecule has 8 nitrogen and oxygen atoms in total. The third kappa shape index (κ3) is 4.86. The van der Waals surface area contributed by atoms with Crippen molar-refractivity contribution in [3.63, 3.8) is 0 Å². The molecule has 6 heterocycles. The summed E-state index contributed by atoms with van der Waals surface area (Å²) < 4.78 is 64.7. The van der Waals surface area contributed by atoms with E-state index in [9.17, 15) is 18.4 Å². The number of phenolic OH excluding ortho intramolecular Hbond substituents is 1. The number of pyridine rings is 1. The summed E-state index contributed by atoms with van der Waals surface area (Å²) in [5, 5.41) is 12.0. The van der Waals surface area contributed by atoms with Crippen molar-refractivity contribution in [3.8, 4) is 23.0 Å². The molecule has 0 aliphatic carbocycles. The highest BCUT2D eigenvalue weighted by molar-refractivity contribution is 7.92. The summed E-state index contributed by atoms with van der Waals surface area (Å²) in [6.07, 6.45) is 4.97. The van der Waals surface area contributed by atoms with Crippen molar-refractivity contribution in [2.75, 3.05) is 49.2 Å². The number of hydrogen-bond acceptors (Lipinski definition) is 8. The molecule has 242 valence electrons. The van der Waals surface area contributed by atoms with Gasteiger partial charge in [0.05, 0.1) is 16.3 Å². The lowest BCUT2D eigenvalue weighted by molar-refractivity contribution is 0.107. The second-order valence-electron chi connectivity index (χ2n) is 13.6. The molecule has 0 bridgehead atoms. The second kappa shape index (κ2) is 11.1. The predicted molar refractivity (Wildman–Crippen MR) is 172 cm³/mol. The van der Waals surface area contributed by atoms with Crippen molar-refractivity contribution in [2.24, 2.45) is 5.41 Å². The minimum Gasteiger partial charge on any atom is -0.616 e. The largest absolute Gasteiger partial charge is 0.616 e. The van der Waals surface area contributed by atoms with Gasteiger partial charge in [0.1, 0.15) is 52.9 Å². The molecule has 46 heavy (non-hydrogen) atoms. The number of halogens is 3. The predicted octanol–water partition coefficient (Wildman–Crippen LogP) is 5.70. The SMILES string of the molecule is CCc1c(F)ccc2cc(O)cc(-c3ncc4c(N5CCCC6(C5)C[S+]([O-])C6)nc(OC[C@@]56CCCN5C[C@H](F)C6)nc4c3F)c12. The number of fused-ring (bicyclic) bond motifs is 3. The molecule has 8 rings (SSSR count). The monoisotopic (exact) mass is 651 g/mol. The van der Waals surface area contributed by atoms with E-state index in [-0.39, 0.29) is 40.6 Å². The molecule has 0 radical (unpaired) electrons. The number of piperidine rings is 1. The molecule has 1 spiro atoms. The molecule has 2 aromatic carbocycles. The number of aromatic hydroxyl groups is 1. The minimum atomic E-state index is -0.921. The smallest absolute Gasteiger partial charge is 0.319 e. The summed E-state index contributed by atoms with van der Waals surface area (Å²) in [7, 11) is 0. The van der Waals surface area contributed by atoms with Crippen LogP contribution in [0.1, 0.15) is 44.6 Å². The molecule has 0 saturated carbocycles. The fourth-order valence-corrected chi connectivity index (χ4v) is 10.2. The van der Waals surface area contributed by atoms with E-state index in [0.29, 0.717) is 71.5 Å². The van der Waals surface area contributed by atoms with Crippen molar-refractivity contribution in [1.29, 1.82) is 0 Å². The van der Waals surface area contributed by atoms with Gasteiger partial charge in [0.25, 0.3) is 0 Å². The highest BCUT2D eigenvalue weighted by Gasteiger charge is 2.51. The zero-order chi connectivity index (χ0) is 31.8. The van der Waals surface area contributed by atoms with Crippen molar-refractivity contribution in [3.05, 3.63) is 47.7 Å². The number of rotatable bonds is 6. The highest BCUT2D eigenvalue weighted by Crippen LogP contribution is 2.45. The van der Waals surface area contributed by atoms with Gasteiger partial charge in [-0.15, -0.1) is 0 Å². The quantitative estimate of drug-likeness (QED) is 0.266. The van der Waals surface area contributed by atoms with E-state index in [0.717, 1.165) is 32.2 Å². The van der Waals surface area contributed by atoms with Crippen LogP contribution in [0.4, 0.5) is 19.0 Å². The second-order valence-corrected chi connectivity index (χ2v) is 15.1. The molecular formula is C34H36F3N5O3S. The summed E-state index contributed by atoms with van der Waals surface area (Å²) in [5.74, 6) is 0.524. The van der Waals surface area contributed by atoms with Gasteiger partial charge in [-0.05, 0) is 73.2 Å². The van der Waals surface area contributed by atoms with E-state index >= 15 is 4.39 Å². The Morgan fingerprint density at radius 1 is 1.13 bits per heavy atom. The first-order valence-corrected chi connectivity index (χ1v) is 17.6. The summed E-state index contributed by atoms with van der Waals surface area (Å²) >= 11 is -0.828. The average molecular weight is 652 g/mol. The van der Waals surface area contributed by atoms with E-state index < -0.39 is 34.5 Å². The van der Waals surface area contributed by atoms with E-state index in [1.807, 2.05) is 6.92 Å². The molecule has 4 aliphatic rings. The van der Waals surface area contributed by atoms with Crippen LogP contribution in [0.25, 0.3) is 32.9 Å². The number of nitrogens with zero attached hydrogens (tertiary/aromatic N) is 5. The van der Waals surface area contributed by atoms with Crippen molar-refractivity contribution in [1.82, 2.24) is 19.9 Å².